The van der Waals surface area contributed by atoms with Gasteiger partial charge in [-0.25, -0.2) is 4.98 Å². The molecule has 5 heteroatoms. The molecule has 3 aromatic rings. The summed E-state index contributed by atoms with van der Waals surface area (Å²) in [5.41, 5.74) is 9.67. The Kier molecular flexibility index (Phi) is 4.75. The molecule has 0 saturated heterocycles. The first-order valence-electron chi connectivity index (χ1n) is 7.23. The predicted molar refractivity (Wildman–Crippen MR) is 101 cm³/mol. The molecule has 0 aliphatic heterocycles. The Balaban J connectivity index is 2.18. The molecule has 1 heterocycles. The molecule has 0 amide bonds. The molecule has 24 heavy (non-hydrogen) atoms. The van der Waals surface area contributed by atoms with Crippen LogP contribution in [0, 0.1) is 11.3 Å². The van der Waals surface area contributed by atoms with Crippen molar-refractivity contribution in [2.75, 3.05) is 12.0 Å². The Morgan fingerprint density at radius 1 is 1.08 bits per heavy atom. The fraction of sp³-hybridized carbons (Fsp3) is 0.0526. The zero-order chi connectivity index (χ0) is 17.1. The summed E-state index contributed by atoms with van der Waals surface area (Å²) in [6.45, 7) is 0. The van der Waals surface area contributed by atoms with E-state index in [0.717, 1.165) is 21.6 Å². The highest BCUT2D eigenvalue weighted by atomic mass is 35.5. The van der Waals surface area contributed by atoms with Crippen LogP contribution in [0.2, 0.25) is 5.02 Å². The number of pyridine rings is 1. The number of halogens is 1. The molecule has 3 nitrogen and oxygen atoms in total. The molecular weight excluding hydrogens is 338 g/mol. The third-order valence-corrected chi connectivity index (χ3v) is 4.66. The minimum Gasteiger partial charge on any atom is -0.383 e. The van der Waals surface area contributed by atoms with Gasteiger partial charge in [0.25, 0.3) is 0 Å². The van der Waals surface area contributed by atoms with Crippen molar-refractivity contribution in [1.82, 2.24) is 4.98 Å². The Labute approximate surface area is 150 Å². The first kappa shape index (κ1) is 16.4. The van der Waals surface area contributed by atoms with Crippen molar-refractivity contribution >= 4 is 29.2 Å². The summed E-state index contributed by atoms with van der Waals surface area (Å²) in [4.78, 5) is 5.53. The number of thioether (sulfide) groups is 1. The van der Waals surface area contributed by atoms with Gasteiger partial charge in [0.15, 0.2) is 0 Å². The maximum absolute atomic E-state index is 9.47. The van der Waals surface area contributed by atoms with E-state index in [9.17, 15) is 5.26 Å². The SMILES string of the molecule is CSc1ccc(-c2cc(-c3cccc(Cl)c3)nc(N)c2C#N)cc1. The summed E-state index contributed by atoms with van der Waals surface area (Å²) in [7, 11) is 0. The minimum absolute atomic E-state index is 0.221. The normalized spacial score (nSPS) is 10.4. The van der Waals surface area contributed by atoms with Crippen molar-refractivity contribution in [2.45, 2.75) is 4.90 Å². The summed E-state index contributed by atoms with van der Waals surface area (Å²) in [6, 6.07) is 19.5. The number of hydrogen-bond acceptors (Lipinski definition) is 4. The molecule has 2 N–H and O–H groups in total. The van der Waals surface area contributed by atoms with Crippen LogP contribution in [0.1, 0.15) is 5.56 Å². The van der Waals surface area contributed by atoms with E-state index in [2.05, 4.69) is 11.1 Å². The second-order valence-electron chi connectivity index (χ2n) is 5.17. The monoisotopic (exact) mass is 351 g/mol. The van der Waals surface area contributed by atoms with E-state index < -0.39 is 0 Å². The topological polar surface area (TPSA) is 62.7 Å². The van der Waals surface area contributed by atoms with Crippen molar-refractivity contribution in [3.05, 3.63) is 65.2 Å². The van der Waals surface area contributed by atoms with Crippen LogP contribution in [0.4, 0.5) is 5.82 Å². The van der Waals surface area contributed by atoms with Crippen molar-refractivity contribution < 1.29 is 0 Å². The van der Waals surface area contributed by atoms with E-state index in [-0.39, 0.29) is 5.82 Å². The van der Waals surface area contributed by atoms with Crippen LogP contribution in [0.3, 0.4) is 0 Å². The van der Waals surface area contributed by atoms with Crippen LogP contribution in [-0.2, 0) is 0 Å². The van der Waals surface area contributed by atoms with Gasteiger partial charge in [0.2, 0.25) is 0 Å². The maximum Gasteiger partial charge on any atom is 0.142 e. The average molecular weight is 352 g/mol. The molecule has 0 spiro atoms. The number of nitriles is 1. The highest BCUT2D eigenvalue weighted by molar-refractivity contribution is 7.98. The molecule has 0 aliphatic carbocycles. The molecule has 0 bridgehead atoms. The fourth-order valence-corrected chi connectivity index (χ4v) is 3.07. The van der Waals surface area contributed by atoms with E-state index >= 15 is 0 Å². The second kappa shape index (κ2) is 6.96. The van der Waals surface area contributed by atoms with Crippen LogP contribution >= 0.6 is 23.4 Å². The second-order valence-corrected chi connectivity index (χ2v) is 6.48. The highest BCUT2D eigenvalue weighted by Crippen LogP contribution is 2.32. The highest BCUT2D eigenvalue weighted by Gasteiger charge is 2.13. The van der Waals surface area contributed by atoms with Gasteiger partial charge >= 0.3 is 0 Å². The lowest BCUT2D eigenvalue weighted by atomic mass is 9.98. The maximum atomic E-state index is 9.47. The molecule has 0 aliphatic rings. The Morgan fingerprint density at radius 3 is 2.46 bits per heavy atom. The molecule has 0 fully saturated rings. The van der Waals surface area contributed by atoms with Gasteiger partial charge in [0, 0.05) is 21.0 Å². The van der Waals surface area contributed by atoms with Crippen molar-refractivity contribution in [3.63, 3.8) is 0 Å². The number of hydrogen-bond donors (Lipinski definition) is 1. The van der Waals surface area contributed by atoms with Crippen LogP contribution in [-0.4, -0.2) is 11.2 Å². The van der Waals surface area contributed by atoms with E-state index in [4.69, 9.17) is 17.3 Å². The van der Waals surface area contributed by atoms with E-state index in [1.54, 1.807) is 17.8 Å². The van der Waals surface area contributed by atoms with Gasteiger partial charge in [-0.05, 0) is 42.2 Å². The fourth-order valence-electron chi connectivity index (χ4n) is 2.48. The molecule has 0 radical (unpaired) electrons. The summed E-state index contributed by atoms with van der Waals surface area (Å²) >= 11 is 7.74. The first-order valence-corrected chi connectivity index (χ1v) is 8.83. The number of nitrogens with zero attached hydrogens (tertiary/aromatic N) is 2. The number of nitrogen functional groups attached to an aromatic ring is 1. The largest absolute Gasteiger partial charge is 0.383 e. The average Bonchev–Trinajstić information content (AvgIpc) is 2.61. The van der Waals surface area contributed by atoms with Gasteiger partial charge in [-0.2, -0.15) is 5.26 Å². The standard InChI is InChI=1S/C19H14ClN3S/c1-24-15-7-5-12(6-8-15)16-10-18(23-19(22)17(16)11-21)13-3-2-4-14(20)9-13/h2-10H,1H3,(H2,22,23). The molecule has 118 valence electrons. The number of benzene rings is 2. The zero-order valence-corrected chi connectivity index (χ0v) is 14.5. The lowest BCUT2D eigenvalue weighted by molar-refractivity contribution is 1.31. The summed E-state index contributed by atoms with van der Waals surface area (Å²) in [5.74, 6) is 0.221. The number of rotatable bonds is 3. The van der Waals surface area contributed by atoms with Crippen LogP contribution < -0.4 is 5.73 Å². The summed E-state index contributed by atoms with van der Waals surface area (Å²) < 4.78 is 0. The molecule has 0 unspecified atom stereocenters. The lowest BCUT2D eigenvalue weighted by Crippen LogP contribution is -1.99. The van der Waals surface area contributed by atoms with Gasteiger partial charge in [-0.1, -0.05) is 35.9 Å². The number of nitrogens with two attached hydrogens (primary N) is 1. The molecule has 0 saturated carbocycles. The third-order valence-electron chi connectivity index (χ3n) is 3.68. The van der Waals surface area contributed by atoms with Gasteiger partial charge in [-0.3, -0.25) is 0 Å². The lowest BCUT2D eigenvalue weighted by Gasteiger charge is -2.11. The van der Waals surface area contributed by atoms with E-state index in [1.807, 2.05) is 54.8 Å². The van der Waals surface area contributed by atoms with Crippen molar-refractivity contribution in [1.29, 1.82) is 5.26 Å². The van der Waals surface area contributed by atoms with E-state index in [1.165, 1.54) is 0 Å². The Bertz CT molecular complexity index is 930. The Morgan fingerprint density at radius 2 is 1.83 bits per heavy atom. The van der Waals surface area contributed by atoms with Gasteiger partial charge in [-0.15, -0.1) is 11.8 Å². The molecular formula is C19H14ClN3S. The van der Waals surface area contributed by atoms with Gasteiger partial charge < -0.3 is 5.73 Å². The van der Waals surface area contributed by atoms with Crippen LogP contribution in [0.5, 0.6) is 0 Å². The molecule has 1 aromatic heterocycles. The third kappa shape index (κ3) is 3.23. The predicted octanol–water partition coefficient (Wildman–Crippen LogP) is 5.24. The Hall–Kier alpha value is -2.48. The first-order chi connectivity index (χ1) is 11.6. The smallest absolute Gasteiger partial charge is 0.142 e. The van der Waals surface area contributed by atoms with Gasteiger partial charge in [0.1, 0.15) is 17.5 Å². The minimum atomic E-state index is 0.221. The van der Waals surface area contributed by atoms with Gasteiger partial charge in [0.05, 0.1) is 5.69 Å². The summed E-state index contributed by atoms with van der Waals surface area (Å²) in [5, 5.41) is 10.1. The van der Waals surface area contributed by atoms with Crippen molar-refractivity contribution in [2.24, 2.45) is 0 Å². The van der Waals surface area contributed by atoms with Crippen LogP contribution in [0.25, 0.3) is 22.4 Å². The number of anilines is 1. The molecule has 0 atom stereocenters. The summed E-state index contributed by atoms with van der Waals surface area (Å²) in [6.07, 6.45) is 2.03. The molecule has 2 aromatic carbocycles. The number of aromatic nitrogens is 1. The zero-order valence-electron chi connectivity index (χ0n) is 13.0. The van der Waals surface area contributed by atoms with Crippen LogP contribution in [0.15, 0.2) is 59.5 Å². The quantitative estimate of drug-likeness (QED) is 0.655. The molecule has 3 rings (SSSR count). The van der Waals surface area contributed by atoms with Crippen molar-refractivity contribution in [3.8, 4) is 28.5 Å². The van der Waals surface area contributed by atoms with E-state index in [0.29, 0.717) is 16.3 Å².